The number of para-hydroxylation sites is 2. The van der Waals surface area contributed by atoms with Crippen molar-refractivity contribution < 1.29 is 42.1 Å². The Morgan fingerprint density at radius 3 is 1.10 bits per heavy atom. The molecule has 6 heterocycles. The van der Waals surface area contributed by atoms with Crippen molar-refractivity contribution in [1.82, 2.24) is 29.9 Å². The molecular formula is C64H42N6Pt2. The topological polar surface area (TPSA) is 79.8 Å². The maximum absolute atomic E-state index is 4.67. The molecule has 0 N–H and O–H groups in total. The average molecular weight is 1290 g/mol. The molecule has 0 spiro atoms. The van der Waals surface area contributed by atoms with E-state index >= 15 is 0 Å². The van der Waals surface area contributed by atoms with Gasteiger partial charge in [0, 0.05) is 12.4 Å². The van der Waals surface area contributed by atoms with E-state index in [1.54, 1.807) is 0 Å². The van der Waals surface area contributed by atoms with Crippen molar-refractivity contribution in [3.8, 4) is 45.0 Å². The van der Waals surface area contributed by atoms with Gasteiger partial charge in [0.2, 0.25) is 0 Å². The number of aromatic nitrogens is 6. The average Bonchev–Trinajstić information content (AvgIpc) is 4.02. The summed E-state index contributed by atoms with van der Waals surface area (Å²) in [5, 5.41) is 9.36. The number of fused-ring (bicyclic) bond motifs is 8. The van der Waals surface area contributed by atoms with E-state index in [2.05, 4.69) is 127 Å². The Bertz CT molecular complexity index is 3740. The number of pyridine rings is 4. The van der Waals surface area contributed by atoms with Crippen molar-refractivity contribution in [3.05, 3.63) is 267 Å². The van der Waals surface area contributed by atoms with Crippen molar-refractivity contribution in [1.29, 1.82) is 0 Å². The number of rotatable bonds is 4. The molecule has 0 radical (unpaired) electrons. The molecule has 14 aromatic rings. The molecule has 0 saturated carbocycles. The Morgan fingerprint density at radius 2 is 0.681 bits per heavy atom. The molecule has 348 valence electrons. The van der Waals surface area contributed by atoms with Gasteiger partial charge in [-0.05, 0) is 100 Å². The Hall–Kier alpha value is -8.14. The van der Waals surface area contributed by atoms with Gasteiger partial charge in [-0.1, -0.05) is 193 Å². The van der Waals surface area contributed by atoms with Crippen LogP contribution in [0.25, 0.3) is 110 Å². The summed E-state index contributed by atoms with van der Waals surface area (Å²) >= 11 is 0. The van der Waals surface area contributed by atoms with Gasteiger partial charge >= 0.3 is 42.1 Å². The zero-order valence-electron chi connectivity index (χ0n) is 38.6. The largest absolute Gasteiger partial charge is 2.00 e. The van der Waals surface area contributed by atoms with Crippen molar-refractivity contribution in [2.45, 2.75) is 0 Å². The molecule has 6 nitrogen and oxygen atoms in total. The van der Waals surface area contributed by atoms with Crippen LogP contribution in [-0.4, -0.2) is 19.9 Å². The molecule has 0 aliphatic heterocycles. The maximum atomic E-state index is 4.67. The molecular weight excluding hydrogens is 1240 g/mol. The minimum atomic E-state index is 0. The van der Waals surface area contributed by atoms with E-state index in [0.717, 1.165) is 78.1 Å². The molecule has 72 heavy (non-hydrogen) atoms. The molecule has 0 bridgehead atoms. The van der Waals surface area contributed by atoms with Crippen molar-refractivity contribution in [3.63, 3.8) is 0 Å². The first kappa shape index (κ1) is 48.9. The fourth-order valence-corrected chi connectivity index (χ4v) is 8.60. The Morgan fingerprint density at radius 1 is 0.306 bits per heavy atom. The quantitative estimate of drug-likeness (QED) is 0.163. The molecule has 6 aromatic heterocycles. The Labute approximate surface area is 446 Å². The van der Waals surface area contributed by atoms with Gasteiger partial charge in [-0.25, -0.2) is 0 Å². The molecule has 0 aliphatic carbocycles. The van der Waals surface area contributed by atoms with Crippen LogP contribution in [0, 0.1) is 12.1 Å². The van der Waals surface area contributed by atoms with Gasteiger partial charge in [0.25, 0.3) is 0 Å². The van der Waals surface area contributed by atoms with E-state index in [1.165, 1.54) is 32.3 Å². The Balaban J connectivity index is 0.000000118. The molecule has 0 atom stereocenters. The smallest absolute Gasteiger partial charge is 0.435 e. The van der Waals surface area contributed by atoms with Crippen molar-refractivity contribution >= 4 is 65.4 Å². The van der Waals surface area contributed by atoms with Crippen LogP contribution in [0.4, 0.5) is 0 Å². The van der Waals surface area contributed by atoms with Crippen molar-refractivity contribution in [2.75, 3.05) is 0 Å². The predicted molar refractivity (Wildman–Crippen MR) is 288 cm³/mol. The van der Waals surface area contributed by atoms with Crippen LogP contribution in [0.3, 0.4) is 0 Å². The van der Waals surface area contributed by atoms with Gasteiger partial charge in [-0.2, -0.15) is 0 Å². The molecule has 0 amide bonds. The molecule has 8 aromatic carbocycles. The van der Waals surface area contributed by atoms with Crippen molar-refractivity contribution in [2.24, 2.45) is 0 Å². The van der Waals surface area contributed by atoms with Crippen LogP contribution in [0.1, 0.15) is 0 Å². The van der Waals surface area contributed by atoms with E-state index in [0.29, 0.717) is 0 Å². The first-order valence-electron chi connectivity index (χ1n) is 23.1. The molecule has 0 unspecified atom stereocenters. The van der Waals surface area contributed by atoms with E-state index in [4.69, 9.17) is 0 Å². The van der Waals surface area contributed by atoms with Gasteiger partial charge in [-0.3, -0.25) is 0 Å². The molecule has 0 fully saturated rings. The fourth-order valence-electron chi connectivity index (χ4n) is 8.60. The van der Waals surface area contributed by atoms with Crippen LogP contribution in [0.15, 0.2) is 255 Å². The first-order chi connectivity index (χ1) is 34.7. The van der Waals surface area contributed by atoms with Crippen LogP contribution in [0.5, 0.6) is 0 Å². The number of nitrogens with zero attached hydrogens (tertiary/aromatic N) is 6. The van der Waals surface area contributed by atoms with Crippen LogP contribution in [-0.2, 0) is 42.1 Å². The van der Waals surface area contributed by atoms with E-state index in [9.17, 15) is 0 Å². The van der Waals surface area contributed by atoms with Gasteiger partial charge in [0.1, 0.15) is 0 Å². The minimum Gasteiger partial charge on any atom is -0.435 e. The third-order valence-electron chi connectivity index (χ3n) is 12.0. The third kappa shape index (κ3) is 10.8. The summed E-state index contributed by atoms with van der Waals surface area (Å²) in [7, 11) is 0. The fraction of sp³-hybridized carbons (Fsp3) is 0. The second-order valence-electron chi connectivity index (χ2n) is 16.4. The zero-order chi connectivity index (χ0) is 46.9. The zero-order valence-corrected chi connectivity index (χ0v) is 43.1. The summed E-state index contributed by atoms with van der Waals surface area (Å²) in [6.07, 6.45) is 3.69. The molecule has 0 aliphatic rings. The molecule has 14 rings (SSSR count). The summed E-state index contributed by atoms with van der Waals surface area (Å²) in [4.78, 5) is 27.4. The van der Waals surface area contributed by atoms with Crippen LogP contribution >= 0.6 is 0 Å². The standard InChI is InChI=1S/2C17H11N2.2C15H10N.2Pt/c2*1-2-6-12(7-3-1)15-11-10-14-13-8-4-5-9-16(13)19-17(14)18-15;2*1-2-7-13(8-3-1)15-14-9-5-4-6-12(14)10-11-16-15;;/h2*1-11H;2*1-7,9-11H;;/q4*-1;2*+2. The number of hydrogen-bond acceptors (Lipinski definition) is 4. The summed E-state index contributed by atoms with van der Waals surface area (Å²) in [6, 6.07) is 87.9. The number of hydrogen-bond donors (Lipinski definition) is 0. The third-order valence-corrected chi connectivity index (χ3v) is 12.0. The van der Waals surface area contributed by atoms with Gasteiger partial charge in [0.15, 0.2) is 0 Å². The summed E-state index contributed by atoms with van der Waals surface area (Å²) in [5.74, 6) is 0. The molecule has 8 heteroatoms. The maximum Gasteiger partial charge on any atom is 2.00 e. The van der Waals surface area contributed by atoms with E-state index < -0.39 is 0 Å². The second-order valence-corrected chi connectivity index (χ2v) is 16.4. The van der Waals surface area contributed by atoms with Gasteiger partial charge in [0.05, 0.1) is 0 Å². The SMILES string of the molecule is [Pt+2].[Pt+2].[c-]1ccccc1-c1nccc2ccccc12.[c-]1ccccc1-c1nccc2ccccc12.c1ccc(-c2ccc3c(n2)[n-]c2ccccc23)cc1.c1ccc(-c2ccc3c(n2)[n-]c2ccccc23)cc1. The second kappa shape index (κ2) is 23.2. The minimum absolute atomic E-state index is 0. The van der Waals surface area contributed by atoms with E-state index in [1.807, 2.05) is 170 Å². The summed E-state index contributed by atoms with van der Waals surface area (Å²) in [6.45, 7) is 0. The van der Waals surface area contributed by atoms with Crippen LogP contribution in [0.2, 0.25) is 0 Å². The summed E-state index contributed by atoms with van der Waals surface area (Å²) < 4.78 is 0. The number of benzene rings is 8. The monoisotopic (exact) mass is 1280 g/mol. The molecule has 0 saturated heterocycles. The summed E-state index contributed by atoms with van der Waals surface area (Å²) in [5.41, 5.74) is 11.9. The normalized spacial score (nSPS) is 10.6. The van der Waals surface area contributed by atoms with Gasteiger partial charge in [-0.15, -0.1) is 71.8 Å². The first-order valence-corrected chi connectivity index (χ1v) is 23.1. The Kier molecular flexibility index (Phi) is 15.7. The van der Waals surface area contributed by atoms with Gasteiger partial charge < -0.3 is 29.9 Å². The predicted octanol–water partition coefficient (Wildman–Crippen LogP) is 15.4. The van der Waals surface area contributed by atoms with E-state index in [-0.39, 0.29) is 42.1 Å². The van der Waals surface area contributed by atoms with Crippen LogP contribution < -0.4 is 9.97 Å².